The lowest BCUT2D eigenvalue weighted by Crippen LogP contribution is -2.42. The molecule has 0 saturated carbocycles. The molecule has 0 aromatic heterocycles. The highest BCUT2D eigenvalue weighted by Gasteiger charge is 2.21. The van der Waals surface area contributed by atoms with E-state index in [0.717, 1.165) is 12.8 Å². The summed E-state index contributed by atoms with van der Waals surface area (Å²) in [6.07, 6.45) is 1.34. The first kappa shape index (κ1) is 13.8. The molecule has 1 N–H and O–H groups in total. The third kappa shape index (κ3) is 3.92. The maximum Gasteiger partial charge on any atom is 0.226 e. The van der Waals surface area contributed by atoms with E-state index in [0.29, 0.717) is 13.1 Å². The highest BCUT2D eigenvalue weighted by molar-refractivity contribution is 5.76. The van der Waals surface area contributed by atoms with Gasteiger partial charge in [-0.25, -0.2) is 4.39 Å². The number of halogens is 1. The summed E-state index contributed by atoms with van der Waals surface area (Å²) in [6, 6.07) is 6.12. The topological polar surface area (TPSA) is 49.8 Å². The Morgan fingerprint density at radius 2 is 2.26 bits per heavy atom. The molecular formula is C14H18FNO3. The first-order chi connectivity index (χ1) is 9.16. The molecule has 0 radical (unpaired) electrons. The fourth-order valence-corrected chi connectivity index (χ4v) is 2.15. The van der Waals surface area contributed by atoms with Crippen molar-refractivity contribution in [2.75, 3.05) is 19.7 Å². The van der Waals surface area contributed by atoms with Crippen LogP contribution in [-0.2, 0) is 4.79 Å². The molecule has 1 atom stereocenters. The minimum Gasteiger partial charge on any atom is -0.490 e. The van der Waals surface area contributed by atoms with Crippen molar-refractivity contribution in [2.24, 2.45) is 0 Å². The third-order valence-electron chi connectivity index (χ3n) is 3.16. The Kier molecular flexibility index (Phi) is 4.74. The monoisotopic (exact) mass is 267 g/mol. The minimum atomic E-state index is -0.427. The van der Waals surface area contributed by atoms with E-state index in [-0.39, 0.29) is 24.7 Å². The fraction of sp³-hybridized carbons (Fsp3) is 0.500. The van der Waals surface area contributed by atoms with Gasteiger partial charge in [-0.3, -0.25) is 4.79 Å². The number of amides is 1. The van der Waals surface area contributed by atoms with Gasteiger partial charge < -0.3 is 14.7 Å². The number of para-hydroxylation sites is 1. The summed E-state index contributed by atoms with van der Waals surface area (Å²) in [6.45, 7) is 1.21. The molecule has 1 aromatic carbocycles. The molecule has 1 amide bonds. The standard InChI is InChI=1S/C14H18FNO3/c15-12-5-1-2-6-13(12)19-9-7-14(18)16-8-3-4-11(17)10-16/h1-2,5-6,11,17H,3-4,7-10H2. The molecule has 1 unspecified atom stereocenters. The van der Waals surface area contributed by atoms with Crippen molar-refractivity contribution in [3.63, 3.8) is 0 Å². The first-order valence-corrected chi connectivity index (χ1v) is 6.50. The Balaban J connectivity index is 1.76. The van der Waals surface area contributed by atoms with Gasteiger partial charge in [-0.15, -0.1) is 0 Å². The second-order valence-corrected chi connectivity index (χ2v) is 4.66. The van der Waals surface area contributed by atoms with Gasteiger partial charge in [0.25, 0.3) is 0 Å². The normalized spacial score (nSPS) is 19.3. The highest BCUT2D eigenvalue weighted by atomic mass is 19.1. The van der Waals surface area contributed by atoms with Crippen LogP contribution in [0.5, 0.6) is 5.75 Å². The molecule has 1 aromatic rings. The Hall–Kier alpha value is -1.62. The van der Waals surface area contributed by atoms with Gasteiger partial charge in [-0.2, -0.15) is 0 Å². The molecule has 2 rings (SSSR count). The van der Waals surface area contributed by atoms with E-state index in [1.165, 1.54) is 12.1 Å². The molecule has 1 heterocycles. The first-order valence-electron chi connectivity index (χ1n) is 6.50. The minimum absolute atomic E-state index is 0.0601. The van der Waals surface area contributed by atoms with Crippen LogP contribution in [0.3, 0.4) is 0 Å². The maximum absolute atomic E-state index is 13.3. The average Bonchev–Trinajstić information content (AvgIpc) is 2.41. The molecular weight excluding hydrogens is 249 g/mol. The number of nitrogens with zero attached hydrogens (tertiary/aromatic N) is 1. The smallest absolute Gasteiger partial charge is 0.226 e. The van der Waals surface area contributed by atoms with Crippen LogP contribution in [0.2, 0.25) is 0 Å². The van der Waals surface area contributed by atoms with Gasteiger partial charge >= 0.3 is 0 Å². The van der Waals surface area contributed by atoms with Crippen molar-refractivity contribution in [3.05, 3.63) is 30.1 Å². The average molecular weight is 267 g/mol. The molecule has 0 bridgehead atoms. The number of benzene rings is 1. The molecule has 1 aliphatic heterocycles. The van der Waals surface area contributed by atoms with Crippen molar-refractivity contribution >= 4 is 5.91 Å². The Morgan fingerprint density at radius 1 is 1.47 bits per heavy atom. The summed E-state index contributed by atoms with van der Waals surface area (Å²) in [4.78, 5) is 13.5. The van der Waals surface area contributed by atoms with Crippen LogP contribution in [-0.4, -0.2) is 41.7 Å². The van der Waals surface area contributed by atoms with Crippen LogP contribution in [0, 0.1) is 5.82 Å². The molecule has 104 valence electrons. The zero-order valence-electron chi connectivity index (χ0n) is 10.7. The number of piperidine rings is 1. The Bertz CT molecular complexity index is 438. The van der Waals surface area contributed by atoms with Gasteiger partial charge in [-0.1, -0.05) is 12.1 Å². The largest absolute Gasteiger partial charge is 0.490 e. The maximum atomic E-state index is 13.3. The van der Waals surface area contributed by atoms with Gasteiger partial charge in [0.1, 0.15) is 0 Å². The number of likely N-dealkylation sites (tertiary alicyclic amines) is 1. The van der Waals surface area contributed by atoms with Gasteiger partial charge in [0.15, 0.2) is 11.6 Å². The number of ether oxygens (including phenoxy) is 1. The van der Waals surface area contributed by atoms with E-state index >= 15 is 0 Å². The summed E-state index contributed by atoms with van der Waals surface area (Å²) < 4.78 is 18.5. The van der Waals surface area contributed by atoms with Gasteiger partial charge in [0.2, 0.25) is 5.91 Å². The quantitative estimate of drug-likeness (QED) is 0.901. The molecule has 5 heteroatoms. The van der Waals surface area contributed by atoms with Crippen molar-refractivity contribution in [1.29, 1.82) is 0 Å². The molecule has 1 aliphatic rings. The lowest BCUT2D eigenvalue weighted by molar-refractivity contribution is -0.134. The number of hydrogen-bond acceptors (Lipinski definition) is 3. The van der Waals surface area contributed by atoms with E-state index in [1.807, 2.05) is 0 Å². The number of hydrogen-bond donors (Lipinski definition) is 1. The van der Waals surface area contributed by atoms with E-state index in [4.69, 9.17) is 4.74 Å². The summed E-state index contributed by atoms with van der Waals surface area (Å²) >= 11 is 0. The summed E-state index contributed by atoms with van der Waals surface area (Å²) in [5.74, 6) is -0.326. The summed E-state index contributed by atoms with van der Waals surface area (Å²) in [5.41, 5.74) is 0. The highest BCUT2D eigenvalue weighted by Crippen LogP contribution is 2.16. The second-order valence-electron chi connectivity index (χ2n) is 4.66. The van der Waals surface area contributed by atoms with Gasteiger partial charge in [-0.05, 0) is 25.0 Å². The number of carbonyl (C=O) groups is 1. The third-order valence-corrected chi connectivity index (χ3v) is 3.16. The summed E-state index contributed by atoms with van der Waals surface area (Å²) in [7, 11) is 0. The molecule has 4 nitrogen and oxygen atoms in total. The van der Waals surface area contributed by atoms with Crippen molar-refractivity contribution in [3.8, 4) is 5.75 Å². The van der Waals surface area contributed by atoms with E-state index in [2.05, 4.69) is 0 Å². The Morgan fingerprint density at radius 3 is 3.00 bits per heavy atom. The SMILES string of the molecule is O=C(CCOc1ccccc1F)N1CCCC(O)C1. The predicted octanol–water partition coefficient (Wildman–Crippen LogP) is 1.58. The zero-order valence-corrected chi connectivity index (χ0v) is 10.7. The molecule has 19 heavy (non-hydrogen) atoms. The Labute approximate surface area is 111 Å². The molecule has 1 fully saturated rings. The molecule has 0 spiro atoms. The van der Waals surface area contributed by atoms with Gasteiger partial charge in [0.05, 0.1) is 19.1 Å². The lowest BCUT2D eigenvalue weighted by atomic mass is 10.1. The zero-order chi connectivity index (χ0) is 13.7. The number of rotatable bonds is 4. The lowest BCUT2D eigenvalue weighted by Gasteiger charge is -2.30. The summed E-state index contributed by atoms with van der Waals surface area (Å²) in [5, 5.41) is 9.49. The van der Waals surface area contributed by atoms with Gasteiger partial charge in [0, 0.05) is 13.1 Å². The molecule has 0 aliphatic carbocycles. The van der Waals surface area contributed by atoms with Crippen LogP contribution in [0.15, 0.2) is 24.3 Å². The van der Waals surface area contributed by atoms with Crippen molar-refractivity contribution in [1.82, 2.24) is 4.90 Å². The van der Waals surface area contributed by atoms with Crippen LogP contribution < -0.4 is 4.74 Å². The van der Waals surface area contributed by atoms with Crippen LogP contribution in [0.4, 0.5) is 4.39 Å². The van der Waals surface area contributed by atoms with Crippen LogP contribution in [0.1, 0.15) is 19.3 Å². The number of aliphatic hydroxyl groups excluding tert-OH is 1. The number of aliphatic hydroxyl groups is 1. The van der Waals surface area contributed by atoms with E-state index < -0.39 is 11.9 Å². The van der Waals surface area contributed by atoms with Crippen LogP contribution in [0.25, 0.3) is 0 Å². The van der Waals surface area contributed by atoms with E-state index in [9.17, 15) is 14.3 Å². The van der Waals surface area contributed by atoms with E-state index in [1.54, 1.807) is 17.0 Å². The fourth-order valence-electron chi connectivity index (χ4n) is 2.15. The van der Waals surface area contributed by atoms with Crippen molar-refractivity contribution < 1.29 is 19.0 Å². The van der Waals surface area contributed by atoms with Crippen molar-refractivity contribution in [2.45, 2.75) is 25.4 Å². The number of β-amino-alcohol motifs (C(OH)–C–C–N with tert-alkyl or cyclic N) is 1. The number of carbonyl (C=O) groups excluding carboxylic acids is 1. The predicted molar refractivity (Wildman–Crippen MR) is 68.3 cm³/mol. The van der Waals surface area contributed by atoms with Crippen LogP contribution >= 0.6 is 0 Å². The second kappa shape index (κ2) is 6.52. The molecule has 1 saturated heterocycles.